The van der Waals surface area contributed by atoms with Gasteiger partial charge in [-0.1, -0.05) is 48.5 Å². The summed E-state index contributed by atoms with van der Waals surface area (Å²) in [5.41, 5.74) is 1.08. The Hall–Kier alpha value is -4.13. The molecule has 0 radical (unpaired) electrons. The molecule has 0 amide bonds. The molecule has 2 aromatic carbocycles. The van der Waals surface area contributed by atoms with Crippen LogP contribution in [-0.4, -0.2) is 19.5 Å². The van der Waals surface area contributed by atoms with Gasteiger partial charge in [0.15, 0.2) is 0 Å². The standard InChI is InChI=1S/C21H14N4O3/c26-21-17-8-4-5-9-18(17)23-20(12-10-15-6-2-1-3-7-15)24(21)19-13-11-16(14-22-19)25(27)28/h1-14H/b12-10+. The SMILES string of the molecule is O=c1c2ccccc2nc(/C=C/c2ccccc2)n1-c1ccc([N+](=O)[O-])cn1. The van der Waals surface area contributed by atoms with Gasteiger partial charge < -0.3 is 0 Å². The fourth-order valence-corrected chi connectivity index (χ4v) is 2.84. The Morgan fingerprint density at radius 3 is 2.39 bits per heavy atom. The first-order valence-electron chi connectivity index (χ1n) is 8.49. The van der Waals surface area contributed by atoms with E-state index in [1.165, 1.54) is 16.7 Å². The van der Waals surface area contributed by atoms with Crippen LogP contribution < -0.4 is 5.56 Å². The molecular weight excluding hydrogens is 356 g/mol. The summed E-state index contributed by atoms with van der Waals surface area (Å²) in [5, 5.41) is 11.3. The van der Waals surface area contributed by atoms with Crippen molar-refractivity contribution in [1.82, 2.24) is 14.5 Å². The van der Waals surface area contributed by atoms with Gasteiger partial charge in [-0.3, -0.25) is 14.9 Å². The van der Waals surface area contributed by atoms with Gasteiger partial charge in [-0.15, -0.1) is 0 Å². The first-order chi connectivity index (χ1) is 13.6. The van der Waals surface area contributed by atoms with Crippen LogP contribution in [-0.2, 0) is 0 Å². The zero-order valence-electron chi connectivity index (χ0n) is 14.6. The highest BCUT2D eigenvalue weighted by Gasteiger charge is 2.13. The highest BCUT2D eigenvalue weighted by atomic mass is 16.6. The second-order valence-electron chi connectivity index (χ2n) is 6.00. The highest BCUT2D eigenvalue weighted by Crippen LogP contribution is 2.16. The van der Waals surface area contributed by atoms with Crippen molar-refractivity contribution in [3.8, 4) is 5.82 Å². The Labute approximate surface area is 159 Å². The summed E-state index contributed by atoms with van der Waals surface area (Å²) < 4.78 is 1.35. The van der Waals surface area contributed by atoms with Crippen LogP contribution in [0.3, 0.4) is 0 Å². The Morgan fingerprint density at radius 1 is 0.929 bits per heavy atom. The minimum Gasteiger partial charge on any atom is -0.268 e. The van der Waals surface area contributed by atoms with Crippen molar-refractivity contribution in [3.05, 3.63) is 105 Å². The van der Waals surface area contributed by atoms with Crippen molar-refractivity contribution in [2.24, 2.45) is 0 Å². The predicted molar refractivity (Wildman–Crippen MR) is 107 cm³/mol. The Kier molecular flexibility index (Phi) is 4.47. The average molecular weight is 370 g/mol. The Morgan fingerprint density at radius 2 is 1.68 bits per heavy atom. The van der Waals surface area contributed by atoms with E-state index in [2.05, 4.69) is 9.97 Å². The lowest BCUT2D eigenvalue weighted by Crippen LogP contribution is -2.23. The van der Waals surface area contributed by atoms with Crippen molar-refractivity contribution in [1.29, 1.82) is 0 Å². The summed E-state index contributed by atoms with van der Waals surface area (Å²) >= 11 is 0. The number of hydrogen-bond acceptors (Lipinski definition) is 5. The van der Waals surface area contributed by atoms with Crippen molar-refractivity contribution in [2.45, 2.75) is 0 Å². The van der Waals surface area contributed by atoms with Crippen LogP contribution in [0.4, 0.5) is 5.69 Å². The van der Waals surface area contributed by atoms with E-state index in [9.17, 15) is 14.9 Å². The zero-order chi connectivity index (χ0) is 19.5. The molecule has 0 aliphatic carbocycles. The molecule has 0 saturated carbocycles. The van der Waals surface area contributed by atoms with Crippen LogP contribution in [0.1, 0.15) is 11.4 Å². The second-order valence-corrected chi connectivity index (χ2v) is 6.00. The molecule has 0 saturated heterocycles. The molecule has 4 aromatic rings. The first kappa shape index (κ1) is 17.3. The van der Waals surface area contributed by atoms with Gasteiger partial charge in [-0.25, -0.2) is 14.5 Å². The minimum atomic E-state index is -0.533. The fraction of sp³-hybridized carbons (Fsp3) is 0. The third-order valence-electron chi connectivity index (χ3n) is 4.20. The lowest BCUT2D eigenvalue weighted by Gasteiger charge is -2.10. The van der Waals surface area contributed by atoms with Crippen LogP contribution in [0.25, 0.3) is 28.9 Å². The maximum atomic E-state index is 13.1. The van der Waals surface area contributed by atoms with Gasteiger partial charge in [-0.05, 0) is 29.8 Å². The number of pyridine rings is 1. The van der Waals surface area contributed by atoms with E-state index < -0.39 is 4.92 Å². The maximum absolute atomic E-state index is 13.1. The molecule has 136 valence electrons. The van der Waals surface area contributed by atoms with Gasteiger partial charge in [0, 0.05) is 6.07 Å². The summed E-state index contributed by atoms with van der Waals surface area (Å²) in [6.45, 7) is 0. The number of para-hydroxylation sites is 1. The molecule has 0 N–H and O–H groups in total. The van der Waals surface area contributed by atoms with Gasteiger partial charge in [0.25, 0.3) is 11.2 Å². The third kappa shape index (κ3) is 3.28. The average Bonchev–Trinajstić information content (AvgIpc) is 2.73. The van der Waals surface area contributed by atoms with Gasteiger partial charge in [0.05, 0.1) is 15.8 Å². The summed E-state index contributed by atoms with van der Waals surface area (Å²) in [7, 11) is 0. The lowest BCUT2D eigenvalue weighted by molar-refractivity contribution is -0.385. The number of benzene rings is 2. The van der Waals surface area contributed by atoms with E-state index in [-0.39, 0.29) is 17.1 Å². The predicted octanol–water partition coefficient (Wildman–Crippen LogP) is 3.86. The van der Waals surface area contributed by atoms with Crippen LogP contribution in [0.2, 0.25) is 0 Å². The molecule has 2 heterocycles. The minimum absolute atomic E-state index is 0.146. The van der Waals surface area contributed by atoms with Gasteiger partial charge >= 0.3 is 0 Å². The molecular formula is C21H14N4O3. The van der Waals surface area contributed by atoms with Crippen LogP contribution in [0, 0.1) is 10.1 Å². The Balaban J connectivity index is 1.92. The van der Waals surface area contributed by atoms with Crippen molar-refractivity contribution in [2.75, 3.05) is 0 Å². The zero-order valence-corrected chi connectivity index (χ0v) is 14.6. The van der Waals surface area contributed by atoms with E-state index in [1.54, 1.807) is 24.3 Å². The molecule has 0 aliphatic rings. The van der Waals surface area contributed by atoms with Crippen molar-refractivity contribution < 1.29 is 4.92 Å². The second kappa shape index (κ2) is 7.24. The number of nitrogens with zero attached hydrogens (tertiary/aromatic N) is 4. The highest BCUT2D eigenvalue weighted by molar-refractivity contribution is 5.80. The van der Waals surface area contributed by atoms with Crippen LogP contribution in [0.5, 0.6) is 0 Å². The number of fused-ring (bicyclic) bond motifs is 1. The molecule has 7 nitrogen and oxygen atoms in total. The molecule has 7 heteroatoms. The van der Waals surface area contributed by atoms with Gasteiger partial charge in [0.1, 0.15) is 17.8 Å². The first-order valence-corrected chi connectivity index (χ1v) is 8.49. The monoisotopic (exact) mass is 370 g/mol. The molecule has 0 fully saturated rings. The number of nitro groups is 1. The molecule has 0 unspecified atom stereocenters. The quantitative estimate of drug-likeness (QED) is 0.402. The smallest absolute Gasteiger partial charge is 0.268 e. The summed E-state index contributed by atoms with van der Waals surface area (Å²) in [4.78, 5) is 32.1. The van der Waals surface area contributed by atoms with E-state index in [4.69, 9.17) is 0 Å². The molecule has 0 spiro atoms. The molecule has 28 heavy (non-hydrogen) atoms. The third-order valence-corrected chi connectivity index (χ3v) is 4.20. The number of aromatic nitrogens is 3. The molecule has 4 rings (SSSR count). The van der Waals surface area contributed by atoms with Gasteiger partial charge in [0.2, 0.25) is 0 Å². The van der Waals surface area contributed by atoms with Gasteiger partial charge in [-0.2, -0.15) is 0 Å². The Bertz CT molecular complexity index is 1250. The summed E-state index contributed by atoms with van der Waals surface area (Å²) in [6.07, 6.45) is 4.70. The number of rotatable bonds is 4. The topological polar surface area (TPSA) is 90.9 Å². The molecule has 0 bridgehead atoms. The van der Waals surface area contributed by atoms with E-state index in [1.807, 2.05) is 42.5 Å². The van der Waals surface area contributed by atoms with Crippen LogP contribution >= 0.6 is 0 Å². The van der Waals surface area contributed by atoms with E-state index in [0.29, 0.717) is 16.7 Å². The maximum Gasteiger partial charge on any atom is 0.287 e. The molecule has 0 aliphatic heterocycles. The molecule has 2 aromatic heterocycles. The largest absolute Gasteiger partial charge is 0.287 e. The summed E-state index contributed by atoms with van der Waals surface area (Å²) in [6, 6.07) is 19.4. The molecule has 0 atom stereocenters. The van der Waals surface area contributed by atoms with Crippen molar-refractivity contribution >= 4 is 28.7 Å². The number of hydrogen-bond donors (Lipinski definition) is 0. The van der Waals surface area contributed by atoms with Crippen LogP contribution in [0.15, 0.2) is 77.7 Å². The normalized spacial score (nSPS) is 11.1. The lowest BCUT2D eigenvalue weighted by atomic mass is 10.2. The van der Waals surface area contributed by atoms with Crippen molar-refractivity contribution in [3.63, 3.8) is 0 Å². The van der Waals surface area contributed by atoms with E-state index >= 15 is 0 Å². The summed E-state index contributed by atoms with van der Waals surface area (Å²) in [5.74, 6) is 0.649. The van der Waals surface area contributed by atoms with E-state index in [0.717, 1.165) is 11.8 Å². The fourth-order valence-electron chi connectivity index (χ4n) is 2.84.